The van der Waals surface area contributed by atoms with Gasteiger partial charge in [-0.2, -0.15) is 0 Å². The maximum atomic E-state index is 5.60. The Labute approximate surface area is 139 Å². The highest BCUT2D eigenvalue weighted by Gasteiger charge is 1.98. The number of halogens is 1. The largest absolute Gasteiger partial charge is 0.492 e. The first-order valence-corrected chi connectivity index (χ1v) is 6.84. The van der Waals surface area contributed by atoms with E-state index in [-0.39, 0.29) is 24.0 Å². The fraction of sp³-hybridized carbons (Fsp3) is 0.533. The van der Waals surface area contributed by atoms with Crippen LogP contribution >= 0.6 is 24.0 Å². The third kappa shape index (κ3) is 9.01. The van der Waals surface area contributed by atoms with Crippen LogP contribution in [0.2, 0.25) is 0 Å². The molecule has 0 aromatic heterocycles. The highest BCUT2D eigenvalue weighted by Crippen LogP contribution is 2.07. The Balaban J connectivity index is 0.00000361. The average molecular weight is 391 g/mol. The van der Waals surface area contributed by atoms with Crippen molar-refractivity contribution in [2.24, 2.45) is 10.9 Å². The number of nitrogens with zero attached hydrogens (tertiary/aromatic N) is 1. The summed E-state index contributed by atoms with van der Waals surface area (Å²) in [5.74, 6) is 2.43. The molecule has 0 heterocycles. The van der Waals surface area contributed by atoms with Gasteiger partial charge in [-0.15, -0.1) is 24.0 Å². The molecule has 0 spiro atoms. The molecule has 0 bridgehead atoms. The number of rotatable bonds is 7. The Bertz CT molecular complexity index is 369. The van der Waals surface area contributed by atoms with E-state index in [2.05, 4.69) is 29.5 Å². The summed E-state index contributed by atoms with van der Waals surface area (Å²) >= 11 is 0. The third-order valence-electron chi connectivity index (χ3n) is 2.64. The number of ether oxygens (including phenoxy) is 1. The predicted octanol–water partition coefficient (Wildman–Crippen LogP) is 2.89. The zero-order valence-corrected chi connectivity index (χ0v) is 14.9. The molecule has 0 radical (unpaired) electrons. The van der Waals surface area contributed by atoms with E-state index < -0.39 is 0 Å². The van der Waals surface area contributed by atoms with Crippen LogP contribution in [0.15, 0.2) is 35.3 Å². The Morgan fingerprint density at radius 2 is 1.80 bits per heavy atom. The van der Waals surface area contributed by atoms with Gasteiger partial charge in [-0.3, -0.25) is 4.99 Å². The smallest absolute Gasteiger partial charge is 0.191 e. The van der Waals surface area contributed by atoms with Crippen molar-refractivity contribution in [2.45, 2.75) is 20.3 Å². The van der Waals surface area contributed by atoms with Gasteiger partial charge in [-0.25, -0.2) is 0 Å². The quantitative estimate of drug-likeness (QED) is 0.325. The van der Waals surface area contributed by atoms with E-state index in [1.165, 1.54) is 0 Å². The maximum Gasteiger partial charge on any atom is 0.191 e. The Kier molecular flexibility index (Phi) is 11.2. The van der Waals surface area contributed by atoms with E-state index in [1.807, 2.05) is 30.3 Å². The zero-order valence-electron chi connectivity index (χ0n) is 12.6. The van der Waals surface area contributed by atoms with Gasteiger partial charge >= 0.3 is 0 Å². The molecule has 4 nitrogen and oxygen atoms in total. The normalized spacial score (nSPS) is 10.9. The third-order valence-corrected chi connectivity index (χ3v) is 2.64. The Morgan fingerprint density at radius 1 is 1.15 bits per heavy atom. The molecule has 1 aromatic carbocycles. The summed E-state index contributed by atoms with van der Waals surface area (Å²) in [5, 5.41) is 6.51. The predicted molar refractivity (Wildman–Crippen MR) is 96.2 cm³/mol. The second-order valence-corrected chi connectivity index (χ2v) is 4.77. The van der Waals surface area contributed by atoms with Gasteiger partial charge in [0.25, 0.3) is 0 Å². The first-order chi connectivity index (χ1) is 9.22. The molecule has 2 N–H and O–H groups in total. The molecule has 5 heteroatoms. The van der Waals surface area contributed by atoms with Crippen molar-refractivity contribution in [2.75, 3.05) is 26.7 Å². The summed E-state index contributed by atoms with van der Waals surface area (Å²) < 4.78 is 5.60. The first kappa shape index (κ1) is 19.0. The lowest BCUT2D eigenvalue weighted by molar-refractivity contribution is 0.322. The van der Waals surface area contributed by atoms with Gasteiger partial charge in [0.2, 0.25) is 0 Å². The van der Waals surface area contributed by atoms with Crippen LogP contribution in [-0.2, 0) is 0 Å². The molecule has 0 saturated heterocycles. The average Bonchev–Trinajstić information content (AvgIpc) is 2.42. The molecule has 20 heavy (non-hydrogen) atoms. The molecule has 0 atom stereocenters. The summed E-state index contributed by atoms with van der Waals surface area (Å²) in [6, 6.07) is 9.82. The van der Waals surface area contributed by atoms with Crippen molar-refractivity contribution in [3.8, 4) is 5.75 Å². The molecular formula is C15H26IN3O. The molecule has 1 aromatic rings. The molecule has 1 rings (SSSR count). The second kappa shape index (κ2) is 11.8. The summed E-state index contributed by atoms with van der Waals surface area (Å²) in [6.07, 6.45) is 1.14. The molecule has 0 unspecified atom stereocenters. The summed E-state index contributed by atoms with van der Waals surface area (Å²) in [7, 11) is 1.78. The molecule has 0 amide bonds. The second-order valence-electron chi connectivity index (χ2n) is 4.77. The number of para-hydroxylation sites is 1. The lowest BCUT2D eigenvalue weighted by Gasteiger charge is -2.13. The van der Waals surface area contributed by atoms with E-state index in [1.54, 1.807) is 7.05 Å². The monoisotopic (exact) mass is 391 g/mol. The van der Waals surface area contributed by atoms with Gasteiger partial charge in [0, 0.05) is 13.6 Å². The van der Waals surface area contributed by atoms with Crippen LogP contribution in [0.1, 0.15) is 20.3 Å². The lowest BCUT2D eigenvalue weighted by atomic mass is 10.1. The summed E-state index contributed by atoms with van der Waals surface area (Å²) in [4.78, 5) is 4.17. The molecule has 114 valence electrons. The minimum Gasteiger partial charge on any atom is -0.492 e. The van der Waals surface area contributed by atoms with Crippen molar-refractivity contribution in [1.82, 2.24) is 10.6 Å². The van der Waals surface area contributed by atoms with Crippen LogP contribution in [0.25, 0.3) is 0 Å². The fourth-order valence-electron chi connectivity index (χ4n) is 1.55. The van der Waals surface area contributed by atoms with Gasteiger partial charge in [-0.05, 0) is 24.5 Å². The molecule has 0 fully saturated rings. The van der Waals surface area contributed by atoms with Crippen molar-refractivity contribution >= 4 is 29.9 Å². The summed E-state index contributed by atoms with van der Waals surface area (Å²) in [5.41, 5.74) is 0. The number of nitrogens with one attached hydrogen (secondary N) is 2. The molecule has 0 saturated carbocycles. The van der Waals surface area contributed by atoms with Gasteiger partial charge in [0.1, 0.15) is 12.4 Å². The topological polar surface area (TPSA) is 45.7 Å². The number of hydrogen-bond donors (Lipinski definition) is 2. The minimum absolute atomic E-state index is 0. The Hall–Kier alpha value is -0.980. The van der Waals surface area contributed by atoms with Crippen LogP contribution in [0, 0.1) is 5.92 Å². The van der Waals surface area contributed by atoms with E-state index in [9.17, 15) is 0 Å². The standard InChI is InChI=1S/C15H25N3O.HI/c1-13(2)9-10-17-15(16-3)18-11-12-19-14-7-5-4-6-8-14;/h4-8,13H,9-12H2,1-3H3,(H2,16,17,18);1H. The zero-order chi connectivity index (χ0) is 13.9. The highest BCUT2D eigenvalue weighted by molar-refractivity contribution is 14.0. The van der Waals surface area contributed by atoms with Crippen LogP contribution in [0.5, 0.6) is 5.75 Å². The minimum atomic E-state index is 0. The van der Waals surface area contributed by atoms with Crippen molar-refractivity contribution in [1.29, 1.82) is 0 Å². The van der Waals surface area contributed by atoms with Crippen LogP contribution in [0.3, 0.4) is 0 Å². The van der Waals surface area contributed by atoms with E-state index in [0.717, 1.165) is 31.2 Å². The molecule has 0 aliphatic carbocycles. The van der Waals surface area contributed by atoms with Gasteiger partial charge in [0.05, 0.1) is 6.54 Å². The maximum absolute atomic E-state index is 5.60. The van der Waals surface area contributed by atoms with Gasteiger partial charge in [0.15, 0.2) is 5.96 Å². The molecule has 0 aliphatic rings. The number of guanidine groups is 1. The molecular weight excluding hydrogens is 365 g/mol. The van der Waals surface area contributed by atoms with Crippen LogP contribution < -0.4 is 15.4 Å². The first-order valence-electron chi connectivity index (χ1n) is 6.84. The fourth-order valence-corrected chi connectivity index (χ4v) is 1.55. The van der Waals surface area contributed by atoms with E-state index >= 15 is 0 Å². The van der Waals surface area contributed by atoms with Crippen molar-refractivity contribution in [3.63, 3.8) is 0 Å². The highest BCUT2D eigenvalue weighted by atomic mass is 127. The van der Waals surface area contributed by atoms with Gasteiger partial charge < -0.3 is 15.4 Å². The van der Waals surface area contributed by atoms with E-state index in [0.29, 0.717) is 12.5 Å². The van der Waals surface area contributed by atoms with Crippen LogP contribution in [-0.4, -0.2) is 32.7 Å². The Morgan fingerprint density at radius 3 is 2.40 bits per heavy atom. The SMILES string of the molecule is CN=C(NCCOc1ccccc1)NCCC(C)C.I. The number of aliphatic imine (C=N–C) groups is 1. The van der Waals surface area contributed by atoms with Crippen molar-refractivity contribution < 1.29 is 4.74 Å². The molecule has 0 aliphatic heterocycles. The van der Waals surface area contributed by atoms with E-state index in [4.69, 9.17) is 4.74 Å². The lowest BCUT2D eigenvalue weighted by Crippen LogP contribution is -2.39. The van der Waals surface area contributed by atoms with Crippen molar-refractivity contribution in [3.05, 3.63) is 30.3 Å². The number of hydrogen-bond acceptors (Lipinski definition) is 2. The van der Waals surface area contributed by atoms with Crippen LogP contribution in [0.4, 0.5) is 0 Å². The summed E-state index contributed by atoms with van der Waals surface area (Å²) in [6.45, 7) is 6.72. The number of benzene rings is 1. The van der Waals surface area contributed by atoms with Gasteiger partial charge in [-0.1, -0.05) is 32.0 Å².